The Kier molecular flexibility index (Phi) is 5.02. The van der Waals surface area contributed by atoms with Gasteiger partial charge in [-0.1, -0.05) is 41.4 Å². The predicted octanol–water partition coefficient (Wildman–Crippen LogP) is 4.21. The average molecular weight is 322 g/mol. The maximum atomic E-state index is 4.54. The summed E-state index contributed by atoms with van der Waals surface area (Å²) in [6.45, 7) is 6.06. The van der Waals surface area contributed by atoms with E-state index in [2.05, 4.69) is 68.2 Å². The molecule has 0 atom stereocenters. The molecule has 0 aliphatic carbocycles. The third-order valence-electron chi connectivity index (χ3n) is 2.98. The Hall–Kier alpha value is -1.29. The smallest absolute Gasteiger partial charge is 0.203 e. The van der Waals surface area contributed by atoms with Gasteiger partial charge >= 0.3 is 0 Å². The Morgan fingerprint density at radius 1 is 1.26 bits per heavy atom. The lowest BCUT2D eigenvalue weighted by atomic mass is 10.2. The van der Waals surface area contributed by atoms with Crippen LogP contribution in [0.5, 0.6) is 0 Å². The number of nitrogens with one attached hydrogen (secondary N) is 1. The Labute approximate surface area is 123 Å². The Morgan fingerprint density at radius 3 is 2.68 bits per heavy atom. The minimum Gasteiger partial charge on any atom is -0.356 e. The summed E-state index contributed by atoms with van der Waals surface area (Å²) < 4.78 is 3.29. The molecule has 0 aliphatic heterocycles. The lowest BCUT2D eigenvalue weighted by molar-refractivity contribution is 0.775. The van der Waals surface area contributed by atoms with Crippen LogP contribution in [-0.2, 0) is 6.54 Å². The van der Waals surface area contributed by atoms with Crippen LogP contribution in [0.4, 0.5) is 5.95 Å². The van der Waals surface area contributed by atoms with Gasteiger partial charge in [0.15, 0.2) is 0 Å². The van der Waals surface area contributed by atoms with Crippen molar-refractivity contribution in [1.82, 2.24) is 9.55 Å². The number of rotatable bonds is 6. The molecular weight excluding hydrogens is 302 g/mol. The molecule has 3 nitrogen and oxygen atoms in total. The number of nitrogens with zero attached hydrogens (tertiary/aromatic N) is 2. The summed E-state index contributed by atoms with van der Waals surface area (Å²) in [5.41, 5.74) is 2.33. The third-order valence-corrected chi connectivity index (χ3v) is 3.51. The highest BCUT2D eigenvalue weighted by Gasteiger charge is 2.05. The van der Waals surface area contributed by atoms with Gasteiger partial charge in [0, 0.05) is 17.2 Å². The molecule has 0 bridgehead atoms. The van der Waals surface area contributed by atoms with Gasteiger partial charge in [0.2, 0.25) is 5.95 Å². The molecule has 102 valence electrons. The van der Waals surface area contributed by atoms with E-state index in [0.717, 1.165) is 29.2 Å². The van der Waals surface area contributed by atoms with Crippen molar-refractivity contribution in [1.29, 1.82) is 0 Å². The van der Waals surface area contributed by atoms with Crippen molar-refractivity contribution in [2.75, 3.05) is 11.9 Å². The third kappa shape index (κ3) is 4.10. The second-order valence-electron chi connectivity index (χ2n) is 4.74. The van der Waals surface area contributed by atoms with Crippen LogP contribution in [0.2, 0.25) is 0 Å². The molecule has 4 heteroatoms. The number of unbranched alkanes of at least 4 members (excludes halogenated alkanes) is 1. The Bertz CT molecular complexity index is 517. The summed E-state index contributed by atoms with van der Waals surface area (Å²) >= 11 is 3.46. The van der Waals surface area contributed by atoms with E-state index < -0.39 is 0 Å². The van der Waals surface area contributed by atoms with E-state index in [1.807, 2.05) is 6.92 Å². The van der Waals surface area contributed by atoms with Gasteiger partial charge in [-0.3, -0.25) is 0 Å². The molecule has 0 spiro atoms. The van der Waals surface area contributed by atoms with Crippen LogP contribution in [0.25, 0.3) is 0 Å². The number of imidazole rings is 1. The molecule has 19 heavy (non-hydrogen) atoms. The molecule has 0 saturated carbocycles. The van der Waals surface area contributed by atoms with Gasteiger partial charge in [0.25, 0.3) is 0 Å². The average Bonchev–Trinajstić information content (AvgIpc) is 2.73. The van der Waals surface area contributed by atoms with Crippen molar-refractivity contribution >= 4 is 21.9 Å². The van der Waals surface area contributed by atoms with Crippen molar-refractivity contribution in [2.24, 2.45) is 0 Å². The second kappa shape index (κ2) is 6.75. The zero-order valence-electron chi connectivity index (χ0n) is 11.5. The normalized spacial score (nSPS) is 10.7. The maximum absolute atomic E-state index is 4.54. The fourth-order valence-corrected chi connectivity index (χ4v) is 2.24. The summed E-state index contributed by atoms with van der Waals surface area (Å²) in [6, 6.07) is 8.41. The molecule has 1 N–H and O–H groups in total. The van der Waals surface area contributed by atoms with Crippen LogP contribution < -0.4 is 5.32 Å². The lowest BCUT2D eigenvalue weighted by Crippen LogP contribution is -2.09. The van der Waals surface area contributed by atoms with E-state index in [1.54, 1.807) is 0 Å². The molecule has 0 radical (unpaired) electrons. The van der Waals surface area contributed by atoms with Crippen molar-refractivity contribution in [3.8, 4) is 0 Å². The molecule has 2 rings (SSSR count). The molecule has 1 aromatic carbocycles. The Morgan fingerprint density at radius 2 is 2.00 bits per heavy atom. The van der Waals surface area contributed by atoms with Gasteiger partial charge in [0.05, 0.1) is 12.2 Å². The van der Waals surface area contributed by atoms with Gasteiger partial charge in [-0.05, 0) is 31.0 Å². The maximum Gasteiger partial charge on any atom is 0.203 e. The minimum absolute atomic E-state index is 0.850. The highest BCUT2D eigenvalue weighted by atomic mass is 79.9. The number of benzene rings is 1. The molecule has 0 saturated heterocycles. The Balaban J connectivity index is 2.08. The van der Waals surface area contributed by atoms with Gasteiger partial charge in [0.1, 0.15) is 0 Å². The lowest BCUT2D eigenvalue weighted by Gasteiger charge is -2.09. The number of hydrogen-bond acceptors (Lipinski definition) is 2. The van der Waals surface area contributed by atoms with Gasteiger partial charge in [-0.15, -0.1) is 0 Å². The van der Waals surface area contributed by atoms with E-state index in [9.17, 15) is 0 Å². The number of hydrogen-bond donors (Lipinski definition) is 1. The summed E-state index contributed by atoms with van der Waals surface area (Å²) in [6.07, 6.45) is 4.46. The van der Waals surface area contributed by atoms with Crippen LogP contribution in [-0.4, -0.2) is 16.1 Å². The molecule has 1 heterocycles. The predicted molar refractivity (Wildman–Crippen MR) is 83.6 cm³/mol. The van der Waals surface area contributed by atoms with Crippen molar-refractivity contribution < 1.29 is 0 Å². The van der Waals surface area contributed by atoms with Crippen LogP contribution in [0.3, 0.4) is 0 Å². The topological polar surface area (TPSA) is 29.9 Å². The fourth-order valence-electron chi connectivity index (χ4n) is 1.97. The summed E-state index contributed by atoms with van der Waals surface area (Å²) in [4.78, 5) is 4.54. The van der Waals surface area contributed by atoms with Gasteiger partial charge in [-0.2, -0.15) is 0 Å². The quantitative estimate of drug-likeness (QED) is 0.807. The molecule has 2 aromatic rings. The van der Waals surface area contributed by atoms with E-state index in [0.29, 0.717) is 0 Å². The largest absolute Gasteiger partial charge is 0.356 e. The standard InChI is InChI=1S/C15H20BrN3/c1-3-4-9-17-15-18-12(2)10-19(15)11-13-5-7-14(16)8-6-13/h5-8,10H,3-4,9,11H2,1-2H3,(H,17,18). The van der Waals surface area contributed by atoms with Crippen molar-refractivity contribution in [3.63, 3.8) is 0 Å². The first-order valence-electron chi connectivity index (χ1n) is 6.71. The zero-order valence-corrected chi connectivity index (χ0v) is 13.1. The molecule has 0 amide bonds. The minimum atomic E-state index is 0.850. The molecule has 0 aliphatic rings. The number of aryl methyl sites for hydroxylation is 1. The van der Waals surface area contributed by atoms with Crippen LogP contribution >= 0.6 is 15.9 Å². The molecule has 0 unspecified atom stereocenters. The van der Waals surface area contributed by atoms with E-state index in [1.165, 1.54) is 18.4 Å². The highest BCUT2D eigenvalue weighted by molar-refractivity contribution is 9.10. The van der Waals surface area contributed by atoms with E-state index in [-0.39, 0.29) is 0 Å². The summed E-state index contributed by atoms with van der Waals surface area (Å²) in [5, 5.41) is 3.41. The molecular formula is C15H20BrN3. The number of aromatic nitrogens is 2. The van der Waals surface area contributed by atoms with Crippen molar-refractivity contribution in [3.05, 3.63) is 46.2 Å². The fraction of sp³-hybridized carbons (Fsp3) is 0.400. The van der Waals surface area contributed by atoms with Crippen LogP contribution in [0.15, 0.2) is 34.9 Å². The first-order valence-corrected chi connectivity index (χ1v) is 7.50. The summed E-state index contributed by atoms with van der Waals surface area (Å²) in [7, 11) is 0. The second-order valence-corrected chi connectivity index (χ2v) is 5.66. The monoisotopic (exact) mass is 321 g/mol. The van der Waals surface area contributed by atoms with Crippen LogP contribution in [0.1, 0.15) is 31.0 Å². The first-order chi connectivity index (χ1) is 9.19. The van der Waals surface area contributed by atoms with Crippen LogP contribution in [0, 0.1) is 6.92 Å². The zero-order chi connectivity index (χ0) is 13.7. The number of halogens is 1. The van der Waals surface area contributed by atoms with E-state index in [4.69, 9.17) is 0 Å². The first kappa shape index (κ1) is 14.1. The number of anilines is 1. The molecule has 0 fully saturated rings. The highest BCUT2D eigenvalue weighted by Crippen LogP contribution is 2.15. The van der Waals surface area contributed by atoms with Gasteiger partial charge < -0.3 is 9.88 Å². The SMILES string of the molecule is CCCCNc1nc(C)cn1Cc1ccc(Br)cc1. The molecule has 1 aromatic heterocycles. The van der Waals surface area contributed by atoms with Crippen molar-refractivity contribution in [2.45, 2.75) is 33.2 Å². The summed E-state index contributed by atoms with van der Waals surface area (Å²) in [5.74, 6) is 0.967. The van der Waals surface area contributed by atoms with Gasteiger partial charge in [-0.25, -0.2) is 4.98 Å². The van der Waals surface area contributed by atoms with E-state index >= 15 is 0 Å².